The number of thiazole rings is 1. The molecule has 13 heteroatoms. The summed E-state index contributed by atoms with van der Waals surface area (Å²) in [5, 5.41) is 8.58. The van der Waals surface area contributed by atoms with Gasteiger partial charge >= 0.3 is 5.69 Å². The number of halogens is 2. The van der Waals surface area contributed by atoms with Crippen LogP contribution in [0.25, 0.3) is 32.2 Å². The number of piperazine rings is 2. The normalized spacial score (nSPS) is 23.9. The number of aromatic nitrogens is 3. The van der Waals surface area contributed by atoms with E-state index in [2.05, 4.69) is 37.2 Å². The number of fused-ring (bicyclic) bond motifs is 3. The van der Waals surface area contributed by atoms with Crippen molar-refractivity contribution in [2.75, 3.05) is 76.2 Å². The lowest BCUT2D eigenvalue weighted by Crippen LogP contribution is -2.52. The van der Waals surface area contributed by atoms with Gasteiger partial charge in [-0.3, -0.25) is 9.47 Å². The second kappa shape index (κ2) is 11.1. The van der Waals surface area contributed by atoms with Crippen LogP contribution in [0.15, 0.2) is 23.0 Å². The first-order valence-corrected chi connectivity index (χ1v) is 16.8. The first kappa shape index (κ1) is 28.4. The van der Waals surface area contributed by atoms with Crippen LogP contribution < -0.4 is 26.0 Å². The van der Waals surface area contributed by atoms with Crippen LogP contribution in [0.4, 0.5) is 15.3 Å². The Kier molecular flexibility index (Phi) is 7.17. The van der Waals surface area contributed by atoms with Crippen molar-refractivity contribution in [2.24, 2.45) is 0 Å². The maximum atomic E-state index is 15.0. The molecule has 10 nitrogen and oxygen atoms in total. The second-order valence-corrected chi connectivity index (χ2v) is 13.7. The van der Waals surface area contributed by atoms with Crippen molar-refractivity contribution in [3.63, 3.8) is 0 Å². The number of nitrogens with zero attached hydrogens (tertiary/aromatic N) is 6. The molecule has 232 valence electrons. The summed E-state index contributed by atoms with van der Waals surface area (Å²) in [6, 6.07) is 5.63. The highest BCUT2D eigenvalue weighted by Gasteiger charge is 2.37. The molecule has 2 bridgehead atoms. The number of hydrogen-bond acceptors (Lipinski definition) is 10. The largest absolute Gasteiger partial charge is 0.488 e. The van der Waals surface area contributed by atoms with E-state index in [4.69, 9.17) is 21.3 Å². The predicted molar refractivity (Wildman–Crippen MR) is 174 cm³/mol. The molecule has 3 fully saturated rings. The third-order valence-electron chi connectivity index (χ3n) is 9.76. The predicted octanol–water partition coefficient (Wildman–Crippen LogP) is 4.02. The van der Waals surface area contributed by atoms with E-state index in [0.717, 1.165) is 64.0 Å². The lowest BCUT2D eigenvalue weighted by molar-refractivity contribution is 0.106. The Morgan fingerprint density at radius 3 is 2.61 bits per heavy atom. The Morgan fingerprint density at radius 2 is 1.89 bits per heavy atom. The minimum atomic E-state index is -0.339. The van der Waals surface area contributed by atoms with Crippen molar-refractivity contribution in [2.45, 2.75) is 37.9 Å². The smallest absolute Gasteiger partial charge is 0.350 e. The number of nitrogens with one attached hydrogen (secondary N) is 2. The van der Waals surface area contributed by atoms with Gasteiger partial charge in [0, 0.05) is 81.5 Å². The molecule has 0 radical (unpaired) electrons. The van der Waals surface area contributed by atoms with E-state index in [1.54, 1.807) is 13.1 Å². The van der Waals surface area contributed by atoms with Crippen LogP contribution in [0.2, 0.25) is 5.02 Å². The minimum Gasteiger partial charge on any atom is -0.488 e. The van der Waals surface area contributed by atoms with E-state index in [1.165, 1.54) is 17.4 Å². The molecule has 2 unspecified atom stereocenters. The summed E-state index contributed by atoms with van der Waals surface area (Å²) in [5.41, 5.74) is 2.24. The first-order valence-electron chi connectivity index (χ1n) is 15.6. The molecule has 4 aromatic rings. The van der Waals surface area contributed by atoms with Crippen LogP contribution in [-0.2, 0) is 0 Å². The zero-order valence-electron chi connectivity index (χ0n) is 24.9. The number of ether oxygens (including phenoxy) is 1. The topological polar surface area (TPSA) is 90.8 Å². The van der Waals surface area contributed by atoms with Crippen molar-refractivity contribution < 1.29 is 9.13 Å². The van der Waals surface area contributed by atoms with Crippen LogP contribution in [0.1, 0.15) is 25.8 Å². The van der Waals surface area contributed by atoms with Gasteiger partial charge in [-0.2, -0.15) is 4.98 Å². The molecule has 2 N–H and O–H groups in total. The summed E-state index contributed by atoms with van der Waals surface area (Å²) in [4.78, 5) is 30.6. The van der Waals surface area contributed by atoms with Crippen LogP contribution in [-0.4, -0.2) is 102 Å². The molecule has 3 atom stereocenters. The zero-order chi connectivity index (χ0) is 30.1. The number of benzene rings is 2. The molecular weight excluding hydrogens is 603 g/mol. The Hall–Kier alpha value is -3.03. The standard InChI is InChI=1S/C31H36ClFN8O2S/c1-3-38-8-10-39(11-9-38)15-19-16-43-27-24(20-6-7-23(33)28-25(20)36-30(34-2)44-28)22(32)12-21-26(27)41(19)31(42)37-29(21)40-13-17-4-5-18(14-40)35-17/h6-7,12,17-19,35H,3-5,8-11,13-16H2,1-2H3,(H,34,36)/t17?,18?,19-/m0/s1. The molecule has 0 amide bonds. The van der Waals surface area contributed by atoms with Gasteiger partial charge in [0.05, 0.1) is 26.8 Å². The fourth-order valence-corrected chi connectivity index (χ4v) is 8.67. The lowest BCUT2D eigenvalue weighted by Gasteiger charge is -2.39. The third-order valence-corrected chi connectivity index (χ3v) is 11.1. The summed E-state index contributed by atoms with van der Waals surface area (Å²) in [6.45, 7) is 9.72. The van der Waals surface area contributed by atoms with Crippen LogP contribution in [0.3, 0.4) is 0 Å². The van der Waals surface area contributed by atoms with E-state index in [0.29, 0.717) is 73.8 Å². The summed E-state index contributed by atoms with van der Waals surface area (Å²) in [6.07, 6.45) is 2.23. The summed E-state index contributed by atoms with van der Waals surface area (Å²) < 4.78 is 23.9. The number of hydrogen-bond donors (Lipinski definition) is 2. The van der Waals surface area contributed by atoms with Crippen LogP contribution in [0, 0.1) is 5.82 Å². The third kappa shape index (κ3) is 4.65. The number of anilines is 2. The van der Waals surface area contributed by atoms with Gasteiger partial charge in [0.25, 0.3) is 0 Å². The van der Waals surface area contributed by atoms with Gasteiger partial charge < -0.3 is 25.2 Å². The maximum absolute atomic E-state index is 15.0. The second-order valence-electron chi connectivity index (χ2n) is 12.3. The molecular formula is C31H36ClFN8O2S. The van der Waals surface area contributed by atoms with Gasteiger partial charge in [-0.05, 0) is 37.6 Å². The van der Waals surface area contributed by atoms with E-state index in [9.17, 15) is 9.18 Å². The Balaban J connectivity index is 1.31. The summed E-state index contributed by atoms with van der Waals surface area (Å²) in [7, 11) is 1.77. The molecule has 2 aromatic heterocycles. The molecule has 4 aliphatic rings. The van der Waals surface area contributed by atoms with Gasteiger partial charge in [-0.25, -0.2) is 14.2 Å². The maximum Gasteiger partial charge on any atom is 0.350 e. The summed E-state index contributed by atoms with van der Waals surface area (Å²) >= 11 is 8.40. The molecule has 0 spiro atoms. The number of likely N-dealkylation sites (N-methyl/N-ethyl adjacent to an activating group) is 1. The van der Waals surface area contributed by atoms with Gasteiger partial charge in [0.15, 0.2) is 10.9 Å². The van der Waals surface area contributed by atoms with Crippen molar-refractivity contribution >= 4 is 55.0 Å². The van der Waals surface area contributed by atoms with Crippen LogP contribution in [0.5, 0.6) is 5.75 Å². The minimum absolute atomic E-state index is 0.205. The molecule has 0 aliphatic carbocycles. The molecule has 2 aromatic carbocycles. The molecule has 6 heterocycles. The van der Waals surface area contributed by atoms with E-state index >= 15 is 0 Å². The van der Waals surface area contributed by atoms with Gasteiger partial charge in [0.2, 0.25) is 0 Å². The molecule has 8 rings (SSSR count). The molecule has 44 heavy (non-hydrogen) atoms. The fraction of sp³-hybridized carbons (Fsp3) is 0.516. The van der Waals surface area contributed by atoms with Crippen molar-refractivity contribution in [3.05, 3.63) is 39.5 Å². The fourth-order valence-electron chi connectivity index (χ4n) is 7.53. The van der Waals surface area contributed by atoms with E-state index in [-0.39, 0.29) is 17.5 Å². The van der Waals surface area contributed by atoms with Crippen molar-refractivity contribution in [3.8, 4) is 16.9 Å². The number of rotatable bonds is 6. The van der Waals surface area contributed by atoms with E-state index in [1.807, 2.05) is 10.6 Å². The van der Waals surface area contributed by atoms with Crippen molar-refractivity contribution in [1.29, 1.82) is 0 Å². The highest BCUT2D eigenvalue weighted by Crippen LogP contribution is 2.49. The Labute approximate surface area is 263 Å². The molecule has 4 aliphatic heterocycles. The van der Waals surface area contributed by atoms with Crippen LogP contribution >= 0.6 is 22.9 Å². The quantitative estimate of drug-likeness (QED) is 0.325. The van der Waals surface area contributed by atoms with Crippen molar-refractivity contribution in [1.82, 2.24) is 29.7 Å². The Morgan fingerprint density at radius 1 is 1.14 bits per heavy atom. The zero-order valence-corrected chi connectivity index (χ0v) is 26.5. The highest BCUT2D eigenvalue weighted by atomic mass is 35.5. The molecule has 0 saturated carbocycles. The average Bonchev–Trinajstić information content (AvgIpc) is 3.63. The lowest BCUT2D eigenvalue weighted by atomic mass is 9.99. The monoisotopic (exact) mass is 638 g/mol. The molecule has 3 saturated heterocycles. The van der Waals surface area contributed by atoms with Gasteiger partial charge in [-0.1, -0.05) is 29.9 Å². The SMILES string of the molecule is CCN1CCN(C[C@H]2COc3c(-c4ccc(F)c5sc(NC)nc45)c(Cl)cc4c(N5CC6CCC(C5)N6)nc(=O)n2c34)CC1. The Bertz CT molecular complexity index is 1810. The van der Waals surface area contributed by atoms with Gasteiger partial charge in [0.1, 0.15) is 18.2 Å². The first-order chi connectivity index (χ1) is 21.4. The average molecular weight is 639 g/mol. The van der Waals surface area contributed by atoms with Gasteiger partial charge in [-0.15, -0.1) is 0 Å². The van der Waals surface area contributed by atoms with E-state index < -0.39 is 0 Å². The summed E-state index contributed by atoms with van der Waals surface area (Å²) in [5.74, 6) is 0.852. The highest BCUT2D eigenvalue weighted by molar-refractivity contribution is 7.22.